The van der Waals surface area contributed by atoms with Gasteiger partial charge in [0.1, 0.15) is 0 Å². The maximum atomic E-state index is 12.5. The fraction of sp³-hybridized carbons (Fsp3) is 0.333. The number of nitrogens with zero attached hydrogens (tertiary/aromatic N) is 2. The smallest absolute Gasteiger partial charge is 0.233 e. The Bertz CT molecular complexity index is 907. The first kappa shape index (κ1) is 19.8. The first-order valence-corrected chi connectivity index (χ1v) is 11.2. The average molecular weight is 406 g/mol. The molecule has 0 aliphatic carbocycles. The highest BCUT2D eigenvalue weighted by Gasteiger charge is 2.19. The number of amides is 1. The van der Waals surface area contributed by atoms with Gasteiger partial charge in [-0.2, -0.15) is 0 Å². The summed E-state index contributed by atoms with van der Waals surface area (Å²) in [6, 6.07) is 16.9. The number of aromatic nitrogens is 2. The van der Waals surface area contributed by atoms with Crippen LogP contribution in [0.4, 0.5) is 0 Å². The van der Waals surface area contributed by atoms with E-state index in [-0.39, 0.29) is 5.91 Å². The van der Waals surface area contributed by atoms with Crippen LogP contribution < -0.4 is 0 Å². The Morgan fingerprint density at radius 3 is 2.14 bits per heavy atom. The Labute approximate surface area is 176 Å². The largest absolute Gasteiger partial charge is 0.342 e. The van der Waals surface area contributed by atoms with Gasteiger partial charge >= 0.3 is 0 Å². The van der Waals surface area contributed by atoms with E-state index in [4.69, 9.17) is 4.98 Å². The summed E-state index contributed by atoms with van der Waals surface area (Å²) in [4.78, 5) is 22.9. The third-order valence-corrected chi connectivity index (χ3v) is 6.25. The highest BCUT2D eigenvalue weighted by atomic mass is 32.2. The monoisotopic (exact) mass is 405 g/mol. The zero-order chi connectivity index (χ0) is 20.2. The number of aromatic amines is 1. The molecule has 1 saturated heterocycles. The molecule has 1 aromatic heterocycles. The van der Waals surface area contributed by atoms with Gasteiger partial charge in [-0.25, -0.2) is 4.98 Å². The number of thioether (sulfide) groups is 1. The van der Waals surface area contributed by atoms with Crippen LogP contribution in [0.1, 0.15) is 30.4 Å². The molecule has 4 rings (SSSR count). The fourth-order valence-electron chi connectivity index (χ4n) is 3.63. The maximum Gasteiger partial charge on any atom is 0.233 e. The highest BCUT2D eigenvalue weighted by molar-refractivity contribution is 7.99. The second-order valence-electron chi connectivity index (χ2n) is 7.73. The van der Waals surface area contributed by atoms with Gasteiger partial charge in [-0.3, -0.25) is 4.79 Å². The zero-order valence-electron chi connectivity index (χ0n) is 17.1. The van der Waals surface area contributed by atoms with E-state index < -0.39 is 0 Å². The lowest BCUT2D eigenvalue weighted by Gasteiger charge is -2.26. The molecule has 1 fully saturated rings. The Hall–Kier alpha value is -2.53. The number of carbonyl (C=O) groups is 1. The first-order chi connectivity index (χ1) is 14.1. The summed E-state index contributed by atoms with van der Waals surface area (Å²) in [7, 11) is 0. The van der Waals surface area contributed by atoms with E-state index in [2.05, 4.69) is 67.4 Å². The number of carbonyl (C=O) groups excluding carboxylic acids is 1. The number of piperidine rings is 1. The van der Waals surface area contributed by atoms with Crippen LogP contribution >= 0.6 is 11.8 Å². The summed E-state index contributed by atoms with van der Waals surface area (Å²) in [5, 5.41) is 0.793. The van der Waals surface area contributed by atoms with E-state index in [0.29, 0.717) is 5.75 Å². The summed E-state index contributed by atoms with van der Waals surface area (Å²) in [5.41, 5.74) is 6.57. The van der Waals surface area contributed by atoms with Crippen molar-refractivity contribution in [2.45, 2.75) is 38.3 Å². The quantitative estimate of drug-likeness (QED) is 0.573. The predicted molar refractivity (Wildman–Crippen MR) is 120 cm³/mol. The minimum absolute atomic E-state index is 0.208. The summed E-state index contributed by atoms with van der Waals surface area (Å²) >= 11 is 1.49. The van der Waals surface area contributed by atoms with Gasteiger partial charge < -0.3 is 9.88 Å². The molecule has 1 amide bonds. The number of benzene rings is 2. The van der Waals surface area contributed by atoms with Crippen LogP contribution in [0.5, 0.6) is 0 Å². The Balaban J connectivity index is 1.59. The topological polar surface area (TPSA) is 49.0 Å². The van der Waals surface area contributed by atoms with E-state index in [9.17, 15) is 4.79 Å². The van der Waals surface area contributed by atoms with Crippen LogP contribution in [0.25, 0.3) is 22.5 Å². The van der Waals surface area contributed by atoms with Gasteiger partial charge in [-0.15, -0.1) is 0 Å². The van der Waals surface area contributed by atoms with Crippen molar-refractivity contribution in [1.29, 1.82) is 0 Å². The standard InChI is InChI=1S/C24H27N3OS/c1-17-6-10-19(11-7-17)22-23(20-12-8-18(2)9-13-20)26-24(25-22)29-16-21(28)27-14-4-3-5-15-27/h6-13H,3-5,14-16H2,1-2H3,(H,25,26). The number of nitrogens with one attached hydrogen (secondary N) is 1. The summed E-state index contributed by atoms with van der Waals surface area (Å²) in [5.74, 6) is 0.633. The Morgan fingerprint density at radius 1 is 0.931 bits per heavy atom. The van der Waals surface area contributed by atoms with E-state index in [0.717, 1.165) is 53.6 Å². The van der Waals surface area contributed by atoms with Crippen LogP contribution in [-0.2, 0) is 4.79 Å². The summed E-state index contributed by atoms with van der Waals surface area (Å²) in [6.45, 7) is 5.95. The van der Waals surface area contributed by atoms with Crippen molar-refractivity contribution in [3.05, 3.63) is 59.7 Å². The van der Waals surface area contributed by atoms with Crippen molar-refractivity contribution in [3.8, 4) is 22.5 Å². The zero-order valence-corrected chi connectivity index (χ0v) is 17.9. The number of hydrogen-bond acceptors (Lipinski definition) is 3. The van der Waals surface area contributed by atoms with E-state index in [1.807, 2.05) is 4.90 Å². The van der Waals surface area contributed by atoms with Crippen molar-refractivity contribution in [3.63, 3.8) is 0 Å². The maximum absolute atomic E-state index is 12.5. The average Bonchev–Trinajstić information content (AvgIpc) is 3.18. The Kier molecular flexibility index (Phi) is 6.05. The van der Waals surface area contributed by atoms with Crippen molar-refractivity contribution in [2.24, 2.45) is 0 Å². The molecule has 5 heteroatoms. The molecular weight excluding hydrogens is 378 g/mol. The number of likely N-dealkylation sites (tertiary alicyclic amines) is 1. The van der Waals surface area contributed by atoms with Crippen molar-refractivity contribution < 1.29 is 4.79 Å². The van der Waals surface area contributed by atoms with Gasteiger partial charge in [0.05, 0.1) is 17.1 Å². The molecular formula is C24H27N3OS. The van der Waals surface area contributed by atoms with E-state index >= 15 is 0 Å². The Morgan fingerprint density at radius 2 is 1.52 bits per heavy atom. The van der Waals surface area contributed by atoms with Crippen molar-refractivity contribution in [1.82, 2.24) is 14.9 Å². The minimum Gasteiger partial charge on any atom is -0.342 e. The van der Waals surface area contributed by atoms with E-state index in [1.54, 1.807) is 0 Å². The van der Waals surface area contributed by atoms with Gasteiger partial charge in [0.15, 0.2) is 5.16 Å². The van der Waals surface area contributed by atoms with Crippen LogP contribution in [0.15, 0.2) is 53.7 Å². The van der Waals surface area contributed by atoms with Gasteiger partial charge in [0.25, 0.3) is 0 Å². The molecule has 0 bridgehead atoms. The van der Waals surface area contributed by atoms with Crippen LogP contribution in [0.3, 0.4) is 0 Å². The van der Waals surface area contributed by atoms with Crippen LogP contribution in [-0.4, -0.2) is 39.6 Å². The molecule has 150 valence electrons. The molecule has 1 aliphatic heterocycles. The number of aryl methyl sites for hydroxylation is 2. The second-order valence-corrected chi connectivity index (χ2v) is 8.69. The number of rotatable bonds is 5. The summed E-state index contributed by atoms with van der Waals surface area (Å²) in [6.07, 6.45) is 3.47. The summed E-state index contributed by atoms with van der Waals surface area (Å²) < 4.78 is 0. The molecule has 2 aromatic carbocycles. The van der Waals surface area contributed by atoms with Gasteiger partial charge in [-0.05, 0) is 33.1 Å². The molecule has 0 unspecified atom stereocenters. The number of H-pyrrole nitrogens is 1. The van der Waals surface area contributed by atoms with Gasteiger partial charge in [0, 0.05) is 24.2 Å². The number of hydrogen-bond donors (Lipinski definition) is 1. The third kappa shape index (κ3) is 4.73. The highest BCUT2D eigenvalue weighted by Crippen LogP contribution is 2.33. The molecule has 0 spiro atoms. The second kappa shape index (κ2) is 8.87. The normalized spacial score (nSPS) is 14.2. The lowest BCUT2D eigenvalue weighted by Crippen LogP contribution is -2.36. The number of imidazole rings is 1. The fourth-order valence-corrected chi connectivity index (χ4v) is 4.41. The van der Waals surface area contributed by atoms with Crippen LogP contribution in [0, 0.1) is 13.8 Å². The third-order valence-electron chi connectivity index (χ3n) is 5.39. The SMILES string of the molecule is Cc1ccc(-c2nc(SCC(=O)N3CCCCC3)[nH]c2-c2ccc(C)cc2)cc1. The molecule has 2 heterocycles. The molecule has 1 aliphatic rings. The molecule has 0 atom stereocenters. The minimum atomic E-state index is 0.208. The predicted octanol–water partition coefficient (Wildman–Crippen LogP) is 5.47. The molecule has 0 radical (unpaired) electrons. The van der Waals surface area contributed by atoms with Gasteiger partial charge in [0.2, 0.25) is 5.91 Å². The first-order valence-electron chi connectivity index (χ1n) is 10.2. The van der Waals surface area contributed by atoms with Crippen molar-refractivity contribution in [2.75, 3.05) is 18.8 Å². The van der Waals surface area contributed by atoms with E-state index in [1.165, 1.54) is 29.3 Å². The van der Waals surface area contributed by atoms with Crippen molar-refractivity contribution >= 4 is 17.7 Å². The molecule has 29 heavy (non-hydrogen) atoms. The molecule has 1 N–H and O–H groups in total. The lowest BCUT2D eigenvalue weighted by molar-refractivity contribution is -0.129. The van der Waals surface area contributed by atoms with Crippen LogP contribution in [0.2, 0.25) is 0 Å². The van der Waals surface area contributed by atoms with Gasteiger partial charge in [-0.1, -0.05) is 71.4 Å². The molecule has 4 nitrogen and oxygen atoms in total. The molecule has 3 aromatic rings. The molecule has 0 saturated carbocycles. The lowest BCUT2D eigenvalue weighted by atomic mass is 10.0.